The van der Waals surface area contributed by atoms with Crippen LogP contribution in [0.4, 0.5) is 5.69 Å². The number of ether oxygens (including phenoxy) is 1. The second kappa shape index (κ2) is 6.59. The zero-order chi connectivity index (χ0) is 14.5. The highest BCUT2D eigenvalue weighted by molar-refractivity contribution is 5.51. The lowest BCUT2D eigenvalue weighted by Gasteiger charge is -2.32. The normalized spacial score (nSPS) is 16.0. The third-order valence-electron chi connectivity index (χ3n) is 3.88. The summed E-state index contributed by atoms with van der Waals surface area (Å²) in [6.45, 7) is 2.61. The third kappa shape index (κ3) is 3.73. The van der Waals surface area contributed by atoms with E-state index in [4.69, 9.17) is 10.5 Å². The standard InChI is InChI=1S/C17H21N3O/c18-15-6-10-20(11-7-15)16-2-1-3-17(12-16)21-13-14-4-8-19-9-5-14/h1-5,8-9,12,15H,6-7,10-11,13,18H2. The molecule has 1 aromatic heterocycles. The Hall–Kier alpha value is -2.07. The Kier molecular flexibility index (Phi) is 4.36. The maximum absolute atomic E-state index is 5.96. The van der Waals surface area contributed by atoms with Gasteiger partial charge in [0.25, 0.3) is 0 Å². The number of aromatic nitrogens is 1. The van der Waals surface area contributed by atoms with E-state index in [0.717, 1.165) is 37.2 Å². The van der Waals surface area contributed by atoms with E-state index in [1.807, 2.05) is 24.3 Å². The van der Waals surface area contributed by atoms with Gasteiger partial charge in [0.1, 0.15) is 12.4 Å². The molecule has 1 aliphatic heterocycles. The van der Waals surface area contributed by atoms with Gasteiger partial charge in [0.2, 0.25) is 0 Å². The van der Waals surface area contributed by atoms with Gasteiger partial charge >= 0.3 is 0 Å². The quantitative estimate of drug-likeness (QED) is 0.937. The number of pyridine rings is 1. The molecule has 0 saturated carbocycles. The van der Waals surface area contributed by atoms with Crippen LogP contribution in [0.5, 0.6) is 5.75 Å². The Morgan fingerprint density at radius 3 is 2.67 bits per heavy atom. The number of anilines is 1. The summed E-state index contributed by atoms with van der Waals surface area (Å²) in [7, 11) is 0. The van der Waals surface area contributed by atoms with Crippen molar-refractivity contribution in [2.75, 3.05) is 18.0 Å². The van der Waals surface area contributed by atoms with Gasteiger partial charge in [-0.15, -0.1) is 0 Å². The van der Waals surface area contributed by atoms with Gasteiger partial charge in [0.15, 0.2) is 0 Å². The summed E-state index contributed by atoms with van der Waals surface area (Å²) in [5.41, 5.74) is 8.30. The average molecular weight is 283 g/mol. The molecular formula is C17H21N3O. The fourth-order valence-electron chi connectivity index (χ4n) is 2.57. The molecule has 2 heterocycles. The van der Waals surface area contributed by atoms with Crippen molar-refractivity contribution in [3.63, 3.8) is 0 Å². The molecule has 1 saturated heterocycles. The summed E-state index contributed by atoms with van der Waals surface area (Å²) in [4.78, 5) is 6.39. The van der Waals surface area contributed by atoms with E-state index in [-0.39, 0.29) is 0 Å². The summed E-state index contributed by atoms with van der Waals surface area (Å²) in [5, 5.41) is 0. The van der Waals surface area contributed by atoms with Crippen molar-refractivity contribution in [3.05, 3.63) is 54.4 Å². The Labute approximate surface area is 125 Å². The minimum absolute atomic E-state index is 0.354. The fraction of sp³-hybridized carbons (Fsp3) is 0.353. The zero-order valence-corrected chi connectivity index (χ0v) is 12.1. The summed E-state index contributed by atoms with van der Waals surface area (Å²) in [5.74, 6) is 0.902. The highest BCUT2D eigenvalue weighted by Gasteiger charge is 2.16. The molecule has 3 rings (SSSR count). The van der Waals surface area contributed by atoms with E-state index in [0.29, 0.717) is 12.6 Å². The second-order valence-electron chi connectivity index (χ2n) is 5.47. The maximum atomic E-state index is 5.96. The van der Waals surface area contributed by atoms with Crippen molar-refractivity contribution >= 4 is 5.69 Å². The number of hydrogen-bond acceptors (Lipinski definition) is 4. The summed E-state index contributed by atoms with van der Waals surface area (Å²) >= 11 is 0. The van der Waals surface area contributed by atoms with Crippen molar-refractivity contribution in [2.24, 2.45) is 5.73 Å². The summed E-state index contributed by atoms with van der Waals surface area (Å²) in [6.07, 6.45) is 5.68. The molecule has 21 heavy (non-hydrogen) atoms. The molecule has 0 radical (unpaired) electrons. The van der Waals surface area contributed by atoms with Crippen LogP contribution in [0.1, 0.15) is 18.4 Å². The molecule has 2 aromatic rings. The maximum Gasteiger partial charge on any atom is 0.121 e. The van der Waals surface area contributed by atoms with Gasteiger partial charge in [0.05, 0.1) is 0 Å². The zero-order valence-electron chi connectivity index (χ0n) is 12.1. The van der Waals surface area contributed by atoms with Crippen molar-refractivity contribution < 1.29 is 4.74 Å². The molecule has 1 aromatic carbocycles. The lowest BCUT2D eigenvalue weighted by atomic mass is 10.1. The monoisotopic (exact) mass is 283 g/mol. The van der Waals surface area contributed by atoms with E-state index in [2.05, 4.69) is 22.0 Å². The number of hydrogen-bond donors (Lipinski definition) is 1. The summed E-state index contributed by atoms with van der Waals surface area (Å²) < 4.78 is 5.87. The fourth-order valence-corrected chi connectivity index (χ4v) is 2.57. The highest BCUT2D eigenvalue weighted by Crippen LogP contribution is 2.24. The van der Waals surface area contributed by atoms with Gasteiger partial charge in [-0.3, -0.25) is 4.98 Å². The summed E-state index contributed by atoms with van der Waals surface area (Å²) in [6, 6.07) is 12.6. The smallest absolute Gasteiger partial charge is 0.121 e. The minimum Gasteiger partial charge on any atom is -0.489 e. The Morgan fingerprint density at radius 1 is 1.14 bits per heavy atom. The van der Waals surface area contributed by atoms with Crippen LogP contribution in [0.2, 0.25) is 0 Å². The molecule has 1 fully saturated rings. The van der Waals surface area contributed by atoms with Gasteiger partial charge in [-0.25, -0.2) is 0 Å². The topological polar surface area (TPSA) is 51.4 Å². The van der Waals surface area contributed by atoms with Crippen LogP contribution in [-0.4, -0.2) is 24.1 Å². The number of nitrogens with two attached hydrogens (primary N) is 1. The number of piperidine rings is 1. The van der Waals surface area contributed by atoms with Crippen molar-refractivity contribution in [1.29, 1.82) is 0 Å². The van der Waals surface area contributed by atoms with Crippen LogP contribution in [0.25, 0.3) is 0 Å². The Bertz CT molecular complexity index is 565. The molecule has 1 aliphatic rings. The SMILES string of the molecule is NC1CCN(c2cccc(OCc3ccncc3)c2)CC1. The molecule has 110 valence electrons. The first kappa shape index (κ1) is 13.9. The largest absolute Gasteiger partial charge is 0.489 e. The lowest BCUT2D eigenvalue weighted by Crippen LogP contribution is -2.39. The average Bonchev–Trinajstić information content (AvgIpc) is 2.55. The van der Waals surface area contributed by atoms with Gasteiger partial charge in [-0.05, 0) is 42.7 Å². The highest BCUT2D eigenvalue weighted by atomic mass is 16.5. The number of benzene rings is 1. The van der Waals surface area contributed by atoms with Crippen molar-refractivity contribution in [1.82, 2.24) is 4.98 Å². The number of nitrogens with zero attached hydrogens (tertiary/aromatic N) is 2. The van der Waals surface area contributed by atoms with Crippen LogP contribution in [-0.2, 0) is 6.61 Å². The van der Waals surface area contributed by atoms with Gasteiger partial charge in [-0.2, -0.15) is 0 Å². The van der Waals surface area contributed by atoms with E-state index in [9.17, 15) is 0 Å². The molecular weight excluding hydrogens is 262 g/mol. The third-order valence-corrected chi connectivity index (χ3v) is 3.88. The van der Waals surface area contributed by atoms with Gasteiger partial charge < -0.3 is 15.4 Å². The van der Waals surface area contributed by atoms with Gasteiger partial charge in [-0.1, -0.05) is 6.07 Å². The second-order valence-corrected chi connectivity index (χ2v) is 5.47. The molecule has 4 heteroatoms. The first-order valence-electron chi connectivity index (χ1n) is 7.43. The molecule has 0 unspecified atom stereocenters. The van der Waals surface area contributed by atoms with Crippen LogP contribution in [0.3, 0.4) is 0 Å². The Morgan fingerprint density at radius 2 is 1.90 bits per heavy atom. The van der Waals surface area contributed by atoms with Crippen LogP contribution < -0.4 is 15.4 Å². The number of rotatable bonds is 4. The molecule has 0 aliphatic carbocycles. The molecule has 4 nitrogen and oxygen atoms in total. The predicted molar refractivity (Wildman–Crippen MR) is 84.4 cm³/mol. The van der Waals surface area contributed by atoms with Crippen LogP contribution in [0, 0.1) is 0 Å². The molecule has 0 atom stereocenters. The molecule has 0 amide bonds. The first-order chi connectivity index (χ1) is 10.3. The van der Waals surface area contributed by atoms with Crippen molar-refractivity contribution in [3.8, 4) is 5.75 Å². The predicted octanol–water partition coefficient (Wildman–Crippen LogP) is 2.59. The van der Waals surface area contributed by atoms with Crippen LogP contribution >= 0.6 is 0 Å². The lowest BCUT2D eigenvalue weighted by molar-refractivity contribution is 0.306. The molecule has 0 spiro atoms. The molecule has 0 bridgehead atoms. The van der Waals surface area contributed by atoms with Crippen molar-refractivity contribution in [2.45, 2.75) is 25.5 Å². The molecule has 2 N–H and O–H groups in total. The van der Waals surface area contributed by atoms with E-state index < -0.39 is 0 Å². The van der Waals surface area contributed by atoms with Crippen LogP contribution in [0.15, 0.2) is 48.8 Å². The Balaban J connectivity index is 1.63. The first-order valence-corrected chi connectivity index (χ1v) is 7.43. The van der Waals surface area contributed by atoms with E-state index in [1.165, 1.54) is 5.69 Å². The van der Waals surface area contributed by atoms with E-state index >= 15 is 0 Å². The van der Waals surface area contributed by atoms with Gasteiger partial charge in [0, 0.05) is 43.3 Å². The van der Waals surface area contributed by atoms with E-state index in [1.54, 1.807) is 12.4 Å². The minimum atomic E-state index is 0.354.